The maximum atomic E-state index is 5.98. The van der Waals surface area contributed by atoms with Crippen molar-refractivity contribution in [3.05, 3.63) is 0 Å². The minimum absolute atomic E-state index is 0.488. The van der Waals surface area contributed by atoms with E-state index >= 15 is 0 Å². The fourth-order valence-electron chi connectivity index (χ4n) is 6.89. The van der Waals surface area contributed by atoms with Crippen LogP contribution in [-0.4, -0.2) is 109 Å². The van der Waals surface area contributed by atoms with E-state index in [2.05, 4.69) is 19.6 Å². The lowest BCUT2D eigenvalue weighted by atomic mass is 9.90. The molecule has 0 aromatic heterocycles. The lowest BCUT2D eigenvalue weighted by molar-refractivity contribution is 0.0743. The first-order valence-corrected chi connectivity index (χ1v) is 15.1. The van der Waals surface area contributed by atoms with E-state index in [-0.39, 0.29) is 0 Å². The summed E-state index contributed by atoms with van der Waals surface area (Å²) in [6.07, 6.45) is 16.3. The van der Waals surface area contributed by atoms with Gasteiger partial charge in [-0.1, -0.05) is 0 Å². The summed E-state index contributed by atoms with van der Waals surface area (Å²) in [7, 11) is 0. The number of hydrogen-bond acceptors (Lipinski definition) is 6. The van der Waals surface area contributed by atoms with E-state index in [1.807, 2.05) is 0 Å². The molecular weight excluding hydrogens is 420 g/mol. The molecule has 6 nitrogen and oxygen atoms in total. The van der Waals surface area contributed by atoms with Gasteiger partial charge in [-0.25, -0.2) is 0 Å². The van der Waals surface area contributed by atoms with Crippen LogP contribution < -0.4 is 11.5 Å². The second-order valence-corrected chi connectivity index (χ2v) is 12.7. The quantitative estimate of drug-likeness (QED) is 0.617. The SMILES string of the molecule is NC1CCC(N2CCN(CC3CC3)CC2)CC1.NC1CCC(N2CCN(CC3CC3)CC2)CC1. The number of nitrogens with two attached hydrogens (primary N) is 2. The average molecular weight is 475 g/mol. The number of rotatable bonds is 6. The molecule has 34 heavy (non-hydrogen) atoms. The molecule has 4 N–H and O–H groups in total. The van der Waals surface area contributed by atoms with Crippen molar-refractivity contribution in [1.82, 2.24) is 19.6 Å². The third-order valence-corrected chi connectivity index (χ3v) is 9.76. The topological polar surface area (TPSA) is 65.0 Å². The van der Waals surface area contributed by atoms with Gasteiger partial charge in [0.15, 0.2) is 0 Å². The summed E-state index contributed by atoms with van der Waals surface area (Å²) in [6, 6.07) is 2.67. The minimum atomic E-state index is 0.488. The minimum Gasteiger partial charge on any atom is -0.328 e. The monoisotopic (exact) mass is 474 g/mol. The van der Waals surface area contributed by atoms with Crippen molar-refractivity contribution in [1.29, 1.82) is 0 Å². The highest BCUT2D eigenvalue weighted by Crippen LogP contribution is 2.31. The van der Waals surface area contributed by atoms with Gasteiger partial charge >= 0.3 is 0 Å². The van der Waals surface area contributed by atoms with Crippen molar-refractivity contribution in [2.24, 2.45) is 23.3 Å². The first-order chi connectivity index (χ1) is 16.6. The molecule has 2 aliphatic heterocycles. The number of piperazine rings is 2. The Kier molecular flexibility index (Phi) is 9.22. The number of nitrogens with zero attached hydrogens (tertiary/aromatic N) is 4. The van der Waals surface area contributed by atoms with Crippen molar-refractivity contribution in [3.63, 3.8) is 0 Å². The van der Waals surface area contributed by atoms with Crippen LogP contribution in [0.4, 0.5) is 0 Å². The molecule has 0 aromatic rings. The lowest BCUT2D eigenvalue weighted by Crippen LogP contribution is -2.52. The summed E-state index contributed by atoms with van der Waals surface area (Å²) in [5, 5.41) is 0. The Bertz CT molecular complexity index is 524. The van der Waals surface area contributed by atoms with Crippen LogP contribution >= 0.6 is 0 Å². The molecule has 4 saturated carbocycles. The molecule has 2 saturated heterocycles. The molecule has 0 aromatic carbocycles. The zero-order chi connectivity index (χ0) is 23.3. The summed E-state index contributed by atoms with van der Waals surface area (Å²) in [5.41, 5.74) is 12.0. The molecule has 0 amide bonds. The molecule has 6 fully saturated rings. The molecular formula is C28H54N6. The molecule has 0 unspecified atom stereocenters. The van der Waals surface area contributed by atoms with E-state index in [0.717, 1.165) is 23.9 Å². The third kappa shape index (κ3) is 7.88. The van der Waals surface area contributed by atoms with Crippen molar-refractivity contribution < 1.29 is 0 Å². The predicted octanol–water partition coefficient (Wildman–Crippen LogP) is 2.57. The lowest BCUT2D eigenvalue weighted by Gasteiger charge is -2.41. The summed E-state index contributed by atoms with van der Waals surface area (Å²) >= 11 is 0. The second kappa shape index (κ2) is 12.3. The Balaban J connectivity index is 0.000000142. The first-order valence-electron chi connectivity index (χ1n) is 15.1. The summed E-state index contributed by atoms with van der Waals surface area (Å²) in [4.78, 5) is 10.8. The van der Waals surface area contributed by atoms with Gasteiger partial charge in [-0.05, 0) is 88.9 Å². The molecule has 6 aliphatic rings. The van der Waals surface area contributed by atoms with Crippen LogP contribution in [0.15, 0.2) is 0 Å². The summed E-state index contributed by atoms with van der Waals surface area (Å²) in [6.45, 7) is 13.2. The van der Waals surface area contributed by atoms with Crippen LogP contribution in [0.1, 0.15) is 77.0 Å². The summed E-state index contributed by atoms with van der Waals surface area (Å²) in [5.74, 6) is 2.10. The Morgan fingerprint density at radius 2 is 0.735 bits per heavy atom. The van der Waals surface area contributed by atoms with E-state index in [1.54, 1.807) is 0 Å². The van der Waals surface area contributed by atoms with Crippen LogP contribution in [0.25, 0.3) is 0 Å². The van der Waals surface area contributed by atoms with Gasteiger partial charge in [-0.3, -0.25) is 9.80 Å². The third-order valence-electron chi connectivity index (χ3n) is 9.76. The highest BCUT2D eigenvalue weighted by Gasteiger charge is 2.31. The molecule has 6 rings (SSSR count). The Labute approximate surface area is 209 Å². The van der Waals surface area contributed by atoms with Crippen molar-refractivity contribution in [2.75, 3.05) is 65.4 Å². The maximum absolute atomic E-state index is 5.98. The Hall–Kier alpha value is -0.240. The molecule has 196 valence electrons. The van der Waals surface area contributed by atoms with Crippen molar-refractivity contribution in [3.8, 4) is 0 Å². The van der Waals surface area contributed by atoms with Crippen LogP contribution in [0.2, 0.25) is 0 Å². The van der Waals surface area contributed by atoms with E-state index in [1.165, 1.54) is 142 Å². The van der Waals surface area contributed by atoms with Crippen LogP contribution in [0.3, 0.4) is 0 Å². The average Bonchev–Trinajstić information content (AvgIpc) is 3.80. The van der Waals surface area contributed by atoms with Gasteiger partial charge in [0.1, 0.15) is 0 Å². The smallest absolute Gasteiger partial charge is 0.0113 e. The zero-order valence-corrected chi connectivity index (χ0v) is 22.0. The van der Waals surface area contributed by atoms with Crippen LogP contribution in [0, 0.1) is 11.8 Å². The second-order valence-electron chi connectivity index (χ2n) is 12.7. The largest absolute Gasteiger partial charge is 0.328 e. The molecule has 0 bridgehead atoms. The Morgan fingerprint density at radius 3 is 1.03 bits per heavy atom. The van der Waals surface area contributed by atoms with Crippen molar-refractivity contribution >= 4 is 0 Å². The van der Waals surface area contributed by atoms with Gasteiger partial charge in [-0.2, -0.15) is 0 Å². The normalized spacial score (nSPS) is 37.2. The van der Waals surface area contributed by atoms with Gasteiger partial charge in [-0.15, -0.1) is 0 Å². The van der Waals surface area contributed by atoms with E-state index in [0.29, 0.717) is 12.1 Å². The van der Waals surface area contributed by atoms with Gasteiger partial charge in [0.05, 0.1) is 0 Å². The molecule has 0 spiro atoms. The van der Waals surface area contributed by atoms with Gasteiger partial charge in [0.25, 0.3) is 0 Å². The molecule has 4 aliphatic carbocycles. The molecule has 0 atom stereocenters. The van der Waals surface area contributed by atoms with Gasteiger partial charge in [0, 0.05) is 89.6 Å². The number of hydrogen-bond donors (Lipinski definition) is 2. The summed E-state index contributed by atoms with van der Waals surface area (Å²) < 4.78 is 0. The first kappa shape index (κ1) is 25.4. The Morgan fingerprint density at radius 1 is 0.412 bits per heavy atom. The fourth-order valence-corrected chi connectivity index (χ4v) is 6.89. The van der Waals surface area contributed by atoms with E-state index in [4.69, 9.17) is 11.5 Å². The molecule has 2 heterocycles. The van der Waals surface area contributed by atoms with Crippen LogP contribution in [0.5, 0.6) is 0 Å². The van der Waals surface area contributed by atoms with Gasteiger partial charge in [0.2, 0.25) is 0 Å². The van der Waals surface area contributed by atoms with E-state index in [9.17, 15) is 0 Å². The molecule has 6 heteroatoms. The van der Waals surface area contributed by atoms with Crippen LogP contribution in [-0.2, 0) is 0 Å². The van der Waals surface area contributed by atoms with Crippen molar-refractivity contribution in [2.45, 2.75) is 101 Å². The standard InChI is InChI=1S/2C14H27N3/c2*15-13-3-5-14(6-4-13)17-9-7-16(8-10-17)11-12-1-2-12/h2*12-14H,1-11,15H2. The molecule has 0 radical (unpaired) electrons. The predicted molar refractivity (Wildman–Crippen MR) is 142 cm³/mol. The van der Waals surface area contributed by atoms with E-state index < -0.39 is 0 Å². The highest BCUT2D eigenvalue weighted by molar-refractivity contribution is 4.87. The highest BCUT2D eigenvalue weighted by atomic mass is 15.3. The zero-order valence-electron chi connectivity index (χ0n) is 22.0. The van der Waals surface area contributed by atoms with Gasteiger partial charge < -0.3 is 21.3 Å². The maximum Gasteiger partial charge on any atom is 0.0113 e. The fraction of sp³-hybridized carbons (Fsp3) is 1.00.